The van der Waals surface area contributed by atoms with Gasteiger partial charge in [-0.25, -0.2) is 19.9 Å². The molecule has 6 aromatic carbocycles. The summed E-state index contributed by atoms with van der Waals surface area (Å²) in [6.45, 7) is 0. The van der Waals surface area contributed by atoms with Crippen molar-refractivity contribution in [1.29, 1.82) is 0 Å². The smallest absolute Gasteiger partial charge is 0.164 e. The molecule has 0 amide bonds. The van der Waals surface area contributed by atoms with Gasteiger partial charge in [0, 0.05) is 31.7 Å². The van der Waals surface area contributed by atoms with Crippen molar-refractivity contribution < 1.29 is 0 Å². The van der Waals surface area contributed by atoms with Gasteiger partial charge < -0.3 is 0 Å². The molecule has 0 spiro atoms. The third-order valence-electron chi connectivity index (χ3n) is 9.65. The highest BCUT2D eigenvalue weighted by Crippen LogP contribution is 2.42. The second kappa shape index (κ2) is 13.3. The Labute approximate surface area is 315 Å². The second-order valence-electron chi connectivity index (χ2n) is 13.1. The molecule has 0 saturated carbocycles. The predicted molar refractivity (Wildman–Crippen MR) is 223 cm³/mol. The van der Waals surface area contributed by atoms with E-state index < -0.39 is 0 Å². The highest BCUT2D eigenvalue weighted by molar-refractivity contribution is 7.20. The zero-order valence-electron chi connectivity index (χ0n) is 28.5. The number of fused-ring (bicyclic) bond motifs is 4. The molecule has 0 radical (unpaired) electrons. The number of nitrogens with zero attached hydrogens (tertiary/aromatic N) is 4. The zero-order chi connectivity index (χ0) is 35.1. The fourth-order valence-corrected chi connectivity index (χ4v) is 9.14. The molecule has 9 aromatic rings. The number of hydrogen-bond donors (Lipinski definition) is 0. The third-order valence-corrected chi connectivity index (χ3v) is 11.8. The summed E-state index contributed by atoms with van der Waals surface area (Å²) >= 11 is 3.55. The van der Waals surface area contributed by atoms with Crippen LogP contribution in [0, 0.1) is 0 Å². The summed E-state index contributed by atoms with van der Waals surface area (Å²) in [5, 5.41) is 2.23. The van der Waals surface area contributed by atoms with Gasteiger partial charge in [0.15, 0.2) is 17.5 Å². The lowest BCUT2D eigenvalue weighted by Crippen LogP contribution is -2.01. The Kier molecular flexibility index (Phi) is 7.90. The van der Waals surface area contributed by atoms with E-state index in [9.17, 15) is 0 Å². The molecule has 10 rings (SSSR count). The maximum absolute atomic E-state index is 5.23. The molecule has 1 aliphatic rings. The first-order valence-electron chi connectivity index (χ1n) is 17.6. The Morgan fingerprint density at radius 3 is 1.85 bits per heavy atom. The van der Waals surface area contributed by atoms with E-state index in [1.807, 2.05) is 29.5 Å². The summed E-state index contributed by atoms with van der Waals surface area (Å²) in [6.07, 6.45) is 7.53. The highest BCUT2D eigenvalue weighted by Gasteiger charge is 2.21. The summed E-state index contributed by atoms with van der Waals surface area (Å²) in [5.74, 6) is 1.96. The molecule has 53 heavy (non-hydrogen) atoms. The van der Waals surface area contributed by atoms with Crippen molar-refractivity contribution >= 4 is 55.1 Å². The van der Waals surface area contributed by atoms with Gasteiger partial charge in [-0.3, -0.25) is 0 Å². The lowest BCUT2D eigenvalue weighted by molar-refractivity contribution is 1.08. The molecule has 0 aliphatic heterocycles. The van der Waals surface area contributed by atoms with Crippen LogP contribution in [-0.4, -0.2) is 19.9 Å². The van der Waals surface area contributed by atoms with Crippen molar-refractivity contribution in [3.8, 4) is 56.4 Å². The fourth-order valence-electron chi connectivity index (χ4n) is 7.05. The normalized spacial score (nSPS) is 13.2. The largest absolute Gasteiger partial charge is 0.237 e. The summed E-state index contributed by atoms with van der Waals surface area (Å²) < 4.78 is 2.42. The molecule has 0 bridgehead atoms. The van der Waals surface area contributed by atoms with E-state index in [0.717, 1.165) is 50.3 Å². The van der Waals surface area contributed by atoms with Gasteiger partial charge in [-0.15, -0.1) is 22.7 Å². The molecule has 0 unspecified atom stereocenters. The van der Waals surface area contributed by atoms with Gasteiger partial charge in [0.05, 0.1) is 10.2 Å². The van der Waals surface area contributed by atoms with E-state index >= 15 is 0 Å². The maximum Gasteiger partial charge on any atom is 0.164 e. The number of allylic oxidation sites excluding steroid dienone is 2. The summed E-state index contributed by atoms with van der Waals surface area (Å²) in [4.78, 5) is 21.7. The fraction of sp³-hybridized carbons (Fsp3) is 0.0213. The molecule has 4 nitrogen and oxygen atoms in total. The van der Waals surface area contributed by atoms with Crippen LogP contribution in [-0.2, 0) is 6.42 Å². The Hall–Kier alpha value is -6.34. The van der Waals surface area contributed by atoms with E-state index in [4.69, 9.17) is 19.9 Å². The van der Waals surface area contributed by atoms with Crippen molar-refractivity contribution in [3.05, 3.63) is 179 Å². The number of para-hydroxylation sites is 1. The minimum atomic E-state index is 0.646. The Balaban J connectivity index is 1.10. The Morgan fingerprint density at radius 2 is 1.06 bits per heavy atom. The van der Waals surface area contributed by atoms with Crippen molar-refractivity contribution in [3.63, 3.8) is 0 Å². The zero-order valence-corrected chi connectivity index (χ0v) is 30.1. The van der Waals surface area contributed by atoms with Crippen LogP contribution in [0.25, 0.3) is 88.9 Å². The minimum Gasteiger partial charge on any atom is -0.237 e. The highest BCUT2D eigenvalue weighted by atomic mass is 32.1. The lowest BCUT2D eigenvalue weighted by Gasteiger charge is -2.13. The first-order valence-corrected chi connectivity index (χ1v) is 19.2. The van der Waals surface area contributed by atoms with E-state index in [1.165, 1.54) is 36.4 Å². The van der Waals surface area contributed by atoms with Gasteiger partial charge in [0.25, 0.3) is 0 Å². The van der Waals surface area contributed by atoms with Crippen LogP contribution in [0.1, 0.15) is 15.4 Å². The van der Waals surface area contributed by atoms with Crippen molar-refractivity contribution in [2.45, 2.75) is 6.42 Å². The molecule has 0 N–H and O–H groups in total. The number of benzene rings is 6. The SMILES string of the molecule is C1=Cc2sc3cccc(-c4nc(-c5ccc(-c6ccccc6)cc5)nc(-c5cccc(-c6ccccc6)c5)n4)c3c2C/C1=C/c1nc2ccccc2s1. The first kappa shape index (κ1) is 31.4. The quantitative estimate of drug-likeness (QED) is 0.172. The molecule has 6 heteroatoms. The first-order chi connectivity index (χ1) is 26.2. The van der Waals surface area contributed by atoms with E-state index in [0.29, 0.717) is 17.5 Å². The molecular formula is C47H30N4S2. The van der Waals surface area contributed by atoms with E-state index in [2.05, 4.69) is 152 Å². The summed E-state index contributed by atoms with van der Waals surface area (Å²) in [5.41, 5.74) is 11.1. The molecule has 0 saturated heterocycles. The Morgan fingerprint density at radius 1 is 0.453 bits per heavy atom. The van der Waals surface area contributed by atoms with E-state index in [1.54, 1.807) is 11.3 Å². The van der Waals surface area contributed by atoms with Crippen LogP contribution >= 0.6 is 22.7 Å². The molecular weight excluding hydrogens is 685 g/mol. The van der Waals surface area contributed by atoms with Crippen LogP contribution in [0.4, 0.5) is 0 Å². The van der Waals surface area contributed by atoms with Crippen LogP contribution < -0.4 is 0 Å². The average molecular weight is 715 g/mol. The van der Waals surface area contributed by atoms with Gasteiger partial charge in [-0.05, 0) is 76.2 Å². The second-order valence-corrected chi connectivity index (χ2v) is 15.2. The number of rotatable bonds is 6. The standard InChI is InChI=1S/C47H30N4S2/c1-3-11-31(12-4-1)33-22-24-34(25-23-33)45-49-46(36-16-9-15-35(29-36)32-13-5-2-6-14-32)51-47(50-45)37-17-10-20-42-44(37)38-27-30(21-26-40(38)52-42)28-43-48-39-18-7-8-19-41(39)53-43/h1-26,28-29H,27H2/b30-28+. The van der Waals surface area contributed by atoms with Gasteiger partial charge in [0.2, 0.25) is 0 Å². The van der Waals surface area contributed by atoms with Crippen LogP contribution in [0.15, 0.2) is 163 Å². The van der Waals surface area contributed by atoms with E-state index in [-0.39, 0.29) is 0 Å². The number of hydrogen-bond acceptors (Lipinski definition) is 6. The summed E-state index contributed by atoms with van der Waals surface area (Å²) in [7, 11) is 0. The lowest BCUT2D eigenvalue weighted by atomic mass is 9.94. The van der Waals surface area contributed by atoms with Gasteiger partial charge in [0.1, 0.15) is 5.01 Å². The Bertz CT molecular complexity index is 2820. The molecule has 0 atom stereocenters. The van der Waals surface area contributed by atoms with Crippen molar-refractivity contribution in [2.24, 2.45) is 0 Å². The minimum absolute atomic E-state index is 0.646. The molecule has 3 aromatic heterocycles. The number of aromatic nitrogens is 4. The van der Waals surface area contributed by atoms with Gasteiger partial charge in [-0.1, -0.05) is 133 Å². The average Bonchev–Trinajstić information content (AvgIpc) is 3.82. The summed E-state index contributed by atoms with van der Waals surface area (Å²) in [6, 6.07) is 52.7. The van der Waals surface area contributed by atoms with Crippen LogP contribution in [0.3, 0.4) is 0 Å². The maximum atomic E-state index is 5.23. The van der Waals surface area contributed by atoms with Gasteiger partial charge in [-0.2, -0.15) is 0 Å². The van der Waals surface area contributed by atoms with Crippen molar-refractivity contribution in [1.82, 2.24) is 19.9 Å². The van der Waals surface area contributed by atoms with Gasteiger partial charge >= 0.3 is 0 Å². The molecule has 1 aliphatic carbocycles. The van der Waals surface area contributed by atoms with Crippen molar-refractivity contribution in [2.75, 3.05) is 0 Å². The molecule has 250 valence electrons. The van der Waals surface area contributed by atoms with Crippen LogP contribution in [0.5, 0.6) is 0 Å². The number of thiophene rings is 1. The topological polar surface area (TPSA) is 51.6 Å². The molecule has 3 heterocycles. The molecule has 0 fully saturated rings. The van der Waals surface area contributed by atoms with Crippen LogP contribution in [0.2, 0.25) is 0 Å². The monoisotopic (exact) mass is 714 g/mol. The number of thiazole rings is 1. The predicted octanol–water partition coefficient (Wildman–Crippen LogP) is 12.7. The third kappa shape index (κ3) is 6.08.